The molecule has 6 aromatic rings. The van der Waals surface area contributed by atoms with Crippen molar-refractivity contribution in [2.75, 3.05) is 39.4 Å². The van der Waals surface area contributed by atoms with Crippen molar-refractivity contribution in [2.45, 2.75) is 40.8 Å². The maximum Gasteiger partial charge on any atom is 0.119 e. The first kappa shape index (κ1) is 38.7. The van der Waals surface area contributed by atoms with Gasteiger partial charge in [-0.1, -0.05) is 40.2 Å². The van der Waals surface area contributed by atoms with Gasteiger partial charge in [0, 0.05) is 43.4 Å². The smallest absolute Gasteiger partial charge is 0.119 e. The fourth-order valence-electron chi connectivity index (χ4n) is 6.05. The van der Waals surface area contributed by atoms with Crippen molar-refractivity contribution in [3.05, 3.63) is 107 Å². The summed E-state index contributed by atoms with van der Waals surface area (Å²) >= 11 is 3.18. The molecule has 8 nitrogen and oxygen atoms in total. The van der Waals surface area contributed by atoms with Gasteiger partial charge in [-0.25, -0.2) is 0 Å². The van der Waals surface area contributed by atoms with Gasteiger partial charge in [0.15, 0.2) is 0 Å². The second-order valence-corrected chi connectivity index (χ2v) is 12.6. The maximum absolute atomic E-state index is 9.75. The Kier molecular flexibility index (Phi) is 14.3. The van der Waals surface area contributed by atoms with Gasteiger partial charge in [0.05, 0.1) is 46.8 Å². The van der Waals surface area contributed by atoms with Crippen LogP contribution in [0.2, 0.25) is 0 Å². The Balaban J connectivity index is 0.000000204. The van der Waals surface area contributed by atoms with Gasteiger partial charge in [0.1, 0.15) is 30.2 Å². The summed E-state index contributed by atoms with van der Waals surface area (Å²) in [7, 11) is 3.34. The first-order chi connectivity index (χ1) is 24.8. The van der Waals surface area contributed by atoms with Crippen LogP contribution in [0.15, 0.2) is 84.9 Å². The summed E-state index contributed by atoms with van der Waals surface area (Å²) in [5.41, 5.74) is 9.82. The Morgan fingerprint density at radius 3 is 1.47 bits per heavy atom. The lowest BCUT2D eigenvalue weighted by Gasteiger charge is -2.10. The van der Waals surface area contributed by atoms with Gasteiger partial charge < -0.3 is 28.5 Å². The number of fused-ring (bicyclic) bond motifs is 2. The van der Waals surface area contributed by atoms with Crippen molar-refractivity contribution in [1.29, 1.82) is 10.5 Å². The van der Waals surface area contributed by atoms with E-state index in [9.17, 15) is 15.6 Å². The standard InChI is InChI=1S/C21H22N2O2.C18H16N2O.C3H7BrO/c1-4-23-20-13-15(2)5-10-18(20)19(14-22)21(23)16-6-8-17(9-7-16)25-12-11-24-3;1-3-20-17-10-12(2)4-9-15(17)16(11-19)18(20)13-5-7-14(21)8-6-13;1-5-3-2-4/h5-10,13H,4,11-12H2,1-3H3;4-10,21H,3H2,1-2H3;2-3H2,1H3. The molecule has 9 heteroatoms. The Hall–Kier alpha value is -5.06. The number of phenolic OH excluding ortho intramolecular Hbond substituents is 1. The monoisotopic (exact) mass is 748 g/mol. The molecule has 0 bridgehead atoms. The number of hydrogen-bond donors (Lipinski definition) is 1. The second kappa shape index (κ2) is 18.8. The van der Waals surface area contributed by atoms with Gasteiger partial charge in [0.2, 0.25) is 0 Å². The Morgan fingerprint density at radius 1 is 0.647 bits per heavy atom. The largest absolute Gasteiger partial charge is 0.508 e. The van der Waals surface area contributed by atoms with E-state index in [1.807, 2.05) is 54.6 Å². The predicted molar refractivity (Wildman–Crippen MR) is 210 cm³/mol. The molecule has 0 saturated carbocycles. The number of benzene rings is 4. The van der Waals surface area contributed by atoms with Crippen molar-refractivity contribution >= 4 is 37.7 Å². The zero-order chi connectivity index (χ0) is 36.9. The number of rotatable bonds is 10. The molecule has 6 rings (SSSR count). The lowest BCUT2D eigenvalue weighted by atomic mass is 10.1. The Morgan fingerprint density at radius 2 is 1.10 bits per heavy atom. The molecule has 0 amide bonds. The minimum atomic E-state index is 0.229. The number of nitriles is 2. The fraction of sp³-hybridized carbons (Fsp3) is 0.286. The molecule has 0 aliphatic heterocycles. The third-order valence-electron chi connectivity index (χ3n) is 8.40. The third kappa shape index (κ3) is 9.00. The van der Waals surface area contributed by atoms with Crippen LogP contribution < -0.4 is 4.74 Å². The molecule has 0 unspecified atom stereocenters. The van der Waals surface area contributed by atoms with E-state index in [-0.39, 0.29) is 5.75 Å². The number of hydrogen-bond acceptors (Lipinski definition) is 6. The summed E-state index contributed by atoms with van der Waals surface area (Å²) in [5, 5.41) is 31.7. The first-order valence-electron chi connectivity index (χ1n) is 16.9. The van der Waals surface area contributed by atoms with Crippen molar-refractivity contribution in [3.63, 3.8) is 0 Å². The summed E-state index contributed by atoms with van der Waals surface area (Å²) in [6, 6.07) is 32.0. The van der Waals surface area contributed by atoms with Crippen LogP contribution in [-0.4, -0.2) is 53.6 Å². The van der Waals surface area contributed by atoms with Crippen LogP contribution in [0.25, 0.3) is 44.3 Å². The predicted octanol–water partition coefficient (Wildman–Crippen LogP) is 9.78. The van der Waals surface area contributed by atoms with Crippen molar-refractivity contribution in [3.8, 4) is 46.2 Å². The number of alkyl halides is 1. The molecule has 0 spiro atoms. The molecule has 0 aliphatic rings. The van der Waals surface area contributed by atoms with Crippen molar-refractivity contribution in [2.24, 2.45) is 0 Å². The highest BCUT2D eigenvalue weighted by atomic mass is 79.9. The van der Waals surface area contributed by atoms with Gasteiger partial charge in [-0.15, -0.1) is 0 Å². The van der Waals surface area contributed by atoms with E-state index in [0.717, 1.165) is 80.7 Å². The van der Waals surface area contributed by atoms with E-state index in [0.29, 0.717) is 18.8 Å². The zero-order valence-electron chi connectivity index (χ0n) is 30.2. The number of aromatic nitrogens is 2. The third-order valence-corrected chi connectivity index (χ3v) is 8.73. The minimum Gasteiger partial charge on any atom is -0.508 e. The summed E-state index contributed by atoms with van der Waals surface area (Å²) in [4.78, 5) is 0. The number of phenols is 1. The van der Waals surface area contributed by atoms with E-state index in [1.54, 1.807) is 26.4 Å². The molecule has 0 atom stereocenters. The number of nitrogens with zero attached hydrogens (tertiary/aromatic N) is 4. The molecule has 1 N–H and O–H groups in total. The van der Waals surface area contributed by atoms with Gasteiger partial charge in [-0.3, -0.25) is 0 Å². The highest BCUT2D eigenvalue weighted by Gasteiger charge is 2.19. The molecule has 2 aromatic heterocycles. The quantitative estimate of drug-likeness (QED) is 0.110. The topological polar surface area (TPSA) is 105 Å². The molecular weight excluding hydrogens is 704 g/mol. The summed E-state index contributed by atoms with van der Waals surface area (Å²) < 4.78 is 19.6. The molecule has 4 aromatic carbocycles. The normalized spacial score (nSPS) is 10.5. The number of methoxy groups -OCH3 is 2. The van der Waals surface area contributed by atoms with Crippen LogP contribution in [0, 0.1) is 36.5 Å². The zero-order valence-corrected chi connectivity index (χ0v) is 31.8. The summed E-state index contributed by atoms with van der Waals surface area (Å²) in [5.74, 6) is 1.03. The molecule has 51 heavy (non-hydrogen) atoms. The molecule has 0 radical (unpaired) electrons. The summed E-state index contributed by atoms with van der Waals surface area (Å²) in [6.45, 7) is 11.8. The average Bonchev–Trinajstić information content (AvgIpc) is 3.63. The Labute approximate surface area is 309 Å². The van der Waals surface area contributed by atoms with Crippen LogP contribution in [0.5, 0.6) is 11.5 Å². The SMILES string of the molecule is CCn1c(-c2ccc(O)cc2)c(C#N)c2ccc(C)cc21.CCn1c(-c2ccc(OCCOC)cc2)c(C#N)c2ccc(C)cc21.COCCBr. The highest BCUT2D eigenvalue weighted by Crippen LogP contribution is 2.36. The van der Waals surface area contributed by atoms with E-state index < -0.39 is 0 Å². The molecular formula is C42H45BrN4O4. The van der Waals surface area contributed by atoms with E-state index in [1.165, 1.54) is 11.1 Å². The highest BCUT2D eigenvalue weighted by molar-refractivity contribution is 9.09. The molecule has 0 saturated heterocycles. The second-order valence-electron chi connectivity index (χ2n) is 11.8. The number of aryl methyl sites for hydroxylation is 4. The van der Waals surface area contributed by atoms with E-state index in [4.69, 9.17) is 9.47 Å². The van der Waals surface area contributed by atoms with Gasteiger partial charge in [-0.05, 0) is 111 Å². The van der Waals surface area contributed by atoms with Crippen LogP contribution in [0.4, 0.5) is 0 Å². The van der Waals surface area contributed by atoms with Crippen molar-refractivity contribution < 1.29 is 19.3 Å². The van der Waals surface area contributed by atoms with Crippen LogP contribution >= 0.6 is 15.9 Å². The van der Waals surface area contributed by atoms with Crippen LogP contribution in [0.3, 0.4) is 0 Å². The minimum absolute atomic E-state index is 0.229. The van der Waals surface area contributed by atoms with E-state index in [2.05, 4.69) is 87.8 Å². The molecule has 264 valence electrons. The average molecular weight is 750 g/mol. The Bertz CT molecular complexity index is 2130. The fourth-order valence-corrected chi connectivity index (χ4v) is 6.37. The van der Waals surface area contributed by atoms with Gasteiger partial charge in [0.25, 0.3) is 0 Å². The number of ether oxygens (including phenoxy) is 3. The molecule has 2 heterocycles. The lowest BCUT2D eigenvalue weighted by Crippen LogP contribution is -2.04. The van der Waals surface area contributed by atoms with E-state index >= 15 is 0 Å². The lowest BCUT2D eigenvalue weighted by molar-refractivity contribution is 0.146. The molecule has 0 fully saturated rings. The van der Waals surface area contributed by atoms with Gasteiger partial charge in [-0.2, -0.15) is 10.5 Å². The van der Waals surface area contributed by atoms with Gasteiger partial charge >= 0.3 is 0 Å². The maximum atomic E-state index is 9.75. The van der Waals surface area contributed by atoms with Crippen LogP contribution in [0.1, 0.15) is 36.1 Å². The first-order valence-corrected chi connectivity index (χ1v) is 18.0. The molecule has 0 aliphatic carbocycles. The summed E-state index contributed by atoms with van der Waals surface area (Å²) in [6.07, 6.45) is 0. The van der Waals surface area contributed by atoms with Crippen LogP contribution in [-0.2, 0) is 22.6 Å². The van der Waals surface area contributed by atoms with Crippen molar-refractivity contribution in [1.82, 2.24) is 9.13 Å². The number of halogens is 1. The number of aromatic hydroxyl groups is 1.